The van der Waals surface area contributed by atoms with Crippen molar-refractivity contribution in [3.8, 4) is 5.75 Å². The highest BCUT2D eigenvalue weighted by Crippen LogP contribution is 2.24. The number of benzene rings is 3. The fraction of sp³-hybridized carbons (Fsp3) is 0.231. The van der Waals surface area contributed by atoms with Crippen molar-refractivity contribution in [2.75, 3.05) is 19.0 Å². The molecule has 158 valence electrons. The van der Waals surface area contributed by atoms with Crippen molar-refractivity contribution < 1.29 is 14.3 Å². The topological polar surface area (TPSA) is 58.6 Å². The Labute approximate surface area is 182 Å². The van der Waals surface area contributed by atoms with E-state index in [4.69, 9.17) is 4.74 Å². The van der Waals surface area contributed by atoms with E-state index in [0.29, 0.717) is 31.5 Å². The van der Waals surface area contributed by atoms with Crippen molar-refractivity contribution in [2.24, 2.45) is 0 Å². The van der Waals surface area contributed by atoms with E-state index < -0.39 is 0 Å². The zero-order chi connectivity index (χ0) is 21.6. The van der Waals surface area contributed by atoms with E-state index in [2.05, 4.69) is 11.4 Å². The van der Waals surface area contributed by atoms with Gasteiger partial charge in [0.2, 0.25) is 5.91 Å². The van der Waals surface area contributed by atoms with E-state index in [0.717, 1.165) is 29.0 Å². The second kappa shape index (κ2) is 9.47. The van der Waals surface area contributed by atoms with Crippen LogP contribution in [0.5, 0.6) is 5.75 Å². The summed E-state index contributed by atoms with van der Waals surface area (Å²) in [5.74, 6) is 0.825. The average Bonchev–Trinajstić information content (AvgIpc) is 2.82. The molecule has 0 radical (unpaired) electrons. The van der Waals surface area contributed by atoms with Crippen molar-refractivity contribution >= 4 is 17.5 Å². The van der Waals surface area contributed by atoms with Crippen LogP contribution in [0.2, 0.25) is 0 Å². The van der Waals surface area contributed by atoms with Gasteiger partial charge in [-0.05, 0) is 65.9 Å². The molecule has 0 aliphatic carbocycles. The van der Waals surface area contributed by atoms with E-state index in [1.807, 2.05) is 71.6 Å². The number of hydrogen-bond donors (Lipinski definition) is 1. The number of carbonyl (C=O) groups is 2. The molecule has 0 saturated heterocycles. The molecule has 4 rings (SSSR count). The number of amides is 2. The van der Waals surface area contributed by atoms with Gasteiger partial charge < -0.3 is 15.0 Å². The quantitative estimate of drug-likeness (QED) is 0.648. The molecule has 0 bridgehead atoms. The number of aryl methyl sites for hydroxylation is 1. The Bertz CT molecular complexity index is 1060. The summed E-state index contributed by atoms with van der Waals surface area (Å²) in [4.78, 5) is 27.1. The summed E-state index contributed by atoms with van der Waals surface area (Å²) in [6, 6.07) is 23.1. The molecule has 1 aliphatic heterocycles. The van der Waals surface area contributed by atoms with Crippen LogP contribution in [0, 0.1) is 0 Å². The van der Waals surface area contributed by atoms with E-state index in [1.54, 1.807) is 7.11 Å². The summed E-state index contributed by atoms with van der Waals surface area (Å²) < 4.78 is 5.16. The molecular formula is C26H26N2O3. The summed E-state index contributed by atoms with van der Waals surface area (Å²) in [5, 5.41) is 2.99. The molecule has 3 aromatic carbocycles. The highest BCUT2D eigenvalue weighted by molar-refractivity contribution is 5.94. The highest BCUT2D eigenvalue weighted by Gasteiger charge is 2.22. The maximum atomic E-state index is 12.8. The summed E-state index contributed by atoms with van der Waals surface area (Å²) in [7, 11) is 1.64. The number of fused-ring (bicyclic) bond motifs is 1. The lowest BCUT2D eigenvalue weighted by molar-refractivity contribution is -0.116. The number of ether oxygens (including phenoxy) is 1. The Kier molecular flexibility index (Phi) is 6.32. The third-order valence-electron chi connectivity index (χ3n) is 5.61. The normalized spacial score (nSPS) is 12.7. The van der Waals surface area contributed by atoms with Gasteiger partial charge in [-0.2, -0.15) is 0 Å². The van der Waals surface area contributed by atoms with Crippen LogP contribution in [0.3, 0.4) is 0 Å². The molecular weight excluding hydrogens is 388 g/mol. The molecule has 1 aliphatic rings. The number of nitrogens with one attached hydrogen (secondary N) is 1. The van der Waals surface area contributed by atoms with E-state index >= 15 is 0 Å². The van der Waals surface area contributed by atoms with Gasteiger partial charge in [0.15, 0.2) is 0 Å². The maximum absolute atomic E-state index is 12.8. The molecule has 1 heterocycles. The first kappa shape index (κ1) is 20.7. The Morgan fingerprint density at radius 3 is 2.48 bits per heavy atom. The highest BCUT2D eigenvalue weighted by atomic mass is 16.5. The fourth-order valence-electron chi connectivity index (χ4n) is 3.85. The van der Waals surface area contributed by atoms with Crippen LogP contribution in [-0.2, 0) is 24.2 Å². The van der Waals surface area contributed by atoms with E-state index in [9.17, 15) is 9.59 Å². The smallest absolute Gasteiger partial charge is 0.254 e. The number of rotatable bonds is 6. The van der Waals surface area contributed by atoms with Crippen LogP contribution in [0.25, 0.3) is 0 Å². The number of anilines is 1. The van der Waals surface area contributed by atoms with E-state index in [1.165, 1.54) is 5.56 Å². The second-order valence-corrected chi connectivity index (χ2v) is 7.72. The van der Waals surface area contributed by atoms with Crippen LogP contribution in [0.4, 0.5) is 5.69 Å². The van der Waals surface area contributed by atoms with Crippen LogP contribution >= 0.6 is 0 Å². The zero-order valence-electron chi connectivity index (χ0n) is 17.6. The van der Waals surface area contributed by atoms with Gasteiger partial charge in [0, 0.05) is 30.8 Å². The van der Waals surface area contributed by atoms with Gasteiger partial charge in [-0.25, -0.2) is 0 Å². The molecule has 31 heavy (non-hydrogen) atoms. The lowest BCUT2D eigenvalue weighted by atomic mass is 9.98. The zero-order valence-corrected chi connectivity index (χ0v) is 17.6. The van der Waals surface area contributed by atoms with Gasteiger partial charge in [0.05, 0.1) is 7.11 Å². The van der Waals surface area contributed by atoms with Gasteiger partial charge >= 0.3 is 0 Å². The Morgan fingerprint density at radius 1 is 0.968 bits per heavy atom. The summed E-state index contributed by atoms with van der Waals surface area (Å²) in [6.07, 6.45) is 1.89. The fourth-order valence-corrected chi connectivity index (χ4v) is 3.85. The molecule has 0 atom stereocenters. The summed E-state index contributed by atoms with van der Waals surface area (Å²) in [6.45, 7) is 1.26. The van der Waals surface area contributed by atoms with Crippen molar-refractivity contribution in [3.05, 3.63) is 95.1 Å². The van der Waals surface area contributed by atoms with Crippen LogP contribution in [0.1, 0.15) is 33.5 Å². The number of hydrogen-bond acceptors (Lipinski definition) is 3. The third kappa shape index (κ3) is 5.12. The Balaban J connectivity index is 1.36. The van der Waals surface area contributed by atoms with Crippen LogP contribution in [0.15, 0.2) is 72.8 Å². The minimum absolute atomic E-state index is 0.0243. The first-order valence-corrected chi connectivity index (χ1v) is 10.5. The Hall–Kier alpha value is -3.60. The molecule has 0 aromatic heterocycles. The largest absolute Gasteiger partial charge is 0.497 e. The van der Waals surface area contributed by atoms with Crippen molar-refractivity contribution in [1.29, 1.82) is 0 Å². The first-order valence-electron chi connectivity index (χ1n) is 10.5. The lowest BCUT2D eigenvalue weighted by Gasteiger charge is -2.29. The molecule has 3 aromatic rings. The molecule has 2 amide bonds. The predicted molar refractivity (Wildman–Crippen MR) is 121 cm³/mol. The van der Waals surface area contributed by atoms with E-state index in [-0.39, 0.29) is 11.8 Å². The molecule has 0 fully saturated rings. The summed E-state index contributed by atoms with van der Waals surface area (Å²) >= 11 is 0. The van der Waals surface area contributed by atoms with Gasteiger partial charge in [0.1, 0.15) is 5.75 Å². The van der Waals surface area contributed by atoms with Gasteiger partial charge in [-0.3, -0.25) is 9.59 Å². The lowest BCUT2D eigenvalue weighted by Crippen LogP contribution is -2.36. The SMILES string of the molecule is COc1ccc(CCC(=O)Nc2ccc3c(c2)CN(C(=O)c2ccccc2)CC3)cc1. The van der Waals surface area contributed by atoms with Crippen molar-refractivity contribution in [3.63, 3.8) is 0 Å². The minimum atomic E-state index is -0.0243. The molecule has 5 nitrogen and oxygen atoms in total. The van der Waals surface area contributed by atoms with Crippen LogP contribution < -0.4 is 10.1 Å². The van der Waals surface area contributed by atoms with Gasteiger partial charge in [0.25, 0.3) is 5.91 Å². The summed E-state index contributed by atoms with van der Waals surface area (Å²) in [5.41, 5.74) is 4.88. The monoisotopic (exact) mass is 414 g/mol. The molecule has 0 unspecified atom stereocenters. The van der Waals surface area contributed by atoms with Crippen molar-refractivity contribution in [2.45, 2.75) is 25.8 Å². The number of carbonyl (C=O) groups excluding carboxylic acids is 2. The van der Waals surface area contributed by atoms with Crippen molar-refractivity contribution in [1.82, 2.24) is 4.90 Å². The maximum Gasteiger partial charge on any atom is 0.254 e. The van der Waals surface area contributed by atoms with Crippen LogP contribution in [-0.4, -0.2) is 30.4 Å². The molecule has 5 heteroatoms. The Morgan fingerprint density at radius 2 is 1.74 bits per heavy atom. The van der Waals surface area contributed by atoms with Gasteiger partial charge in [-0.15, -0.1) is 0 Å². The third-order valence-corrected chi connectivity index (χ3v) is 5.61. The molecule has 1 N–H and O–H groups in total. The minimum Gasteiger partial charge on any atom is -0.497 e. The average molecular weight is 415 g/mol. The molecule has 0 saturated carbocycles. The standard InChI is InChI=1S/C26H26N2O3/c1-31-24-12-7-19(8-13-24)9-14-25(29)27-23-11-10-20-15-16-28(18-22(20)17-23)26(30)21-5-3-2-4-6-21/h2-8,10-13,17H,9,14-16,18H2,1H3,(H,27,29). The number of nitrogens with zero attached hydrogens (tertiary/aromatic N) is 1. The van der Waals surface area contributed by atoms with Gasteiger partial charge in [-0.1, -0.05) is 36.4 Å². The number of methoxy groups -OCH3 is 1. The first-order chi connectivity index (χ1) is 15.1. The second-order valence-electron chi connectivity index (χ2n) is 7.72. The molecule has 0 spiro atoms. The predicted octanol–water partition coefficient (Wildman–Crippen LogP) is 4.47.